The molecule has 0 bridgehead atoms. The van der Waals surface area contributed by atoms with Crippen molar-refractivity contribution in [2.75, 3.05) is 26.2 Å². The number of rotatable bonds is 18. The summed E-state index contributed by atoms with van der Waals surface area (Å²) in [5, 5.41) is 29.8. The molecule has 6 N–H and O–H groups in total. The first-order valence-electron chi connectivity index (χ1n) is 19.1. The molecular formula is C38H73N3O2. The van der Waals surface area contributed by atoms with Crippen LogP contribution in [0.2, 0.25) is 0 Å². The van der Waals surface area contributed by atoms with Crippen molar-refractivity contribution >= 4 is 0 Å². The maximum absolute atomic E-state index is 11.8. The van der Waals surface area contributed by atoms with Gasteiger partial charge in [0.25, 0.3) is 0 Å². The summed E-state index contributed by atoms with van der Waals surface area (Å²) in [5.74, 6) is 4.30. The van der Waals surface area contributed by atoms with Crippen LogP contribution in [0.1, 0.15) is 144 Å². The van der Waals surface area contributed by atoms with Gasteiger partial charge in [-0.2, -0.15) is 0 Å². The van der Waals surface area contributed by atoms with Crippen molar-refractivity contribution in [2.45, 2.75) is 162 Å². The minimum absolute atomic E-state index is 0.117. The van der Waals surface area contributed by atoms with Gasteiger partial charge in [-0.05, 0) is 162 Å². The average molecular weight is 604 g/mol. The Balaban J connectivity index is 1.20. The van der Waals surface area contributed by atoms with E-state index in [0.717, 1.165) is 51.4 Å². The molecule has 11 atom stereocenters. The monoisotopic (exact) mass is 604 g/mol. The number of aliphatic hydroxyl groups excluding tert-OH is 2. The van der Waals surface area contributed by atoms with Crippen LogP contribution in [0.25, 0.3) is 0 Å². The first-order chi connectivity index (χ1) is 20.6. The summed E-state index contributed by atoms with van der Waals surface area (Å²) in [5.41, 5.74) is 6.35. The fraction of sp³-hybridized carbons (Fsp3) is 1.00. The van der Waals surface area contributed by atoms with E-state index in [-0.39, 0.29) is 12.2 Å². The van der Waals surface area contributed by atoms with E-state index in [4.69, 9.17) is 5.73 Å². The fourth-order valence-corrected chi connectivity index (χ4v) is 11.1. The van der Waals surface area contributed by atoms with E-state index in [0.29, 0.717) is 52.4 Å². The highest BCUT2D eigenvalue weighted by atomic mass is 16.3. The fourth-order valence-electron chi connectivity index (χ4n) is 11.1. The lowest BCUT2D eigenvalue weighted by molar-refractivity contribution is -0.167. The molecule has 0 saturated heterocycles. The van der Waals surface area contributed by atoms with Gasteiger partial charge in [0.2, 0.25) is 0 Å². The van der Waals surface area contributed by atoms with Gasteiger partial charge in [0, 0.05) is 6.04 Å². The topological polar surface area (TPSA) is 90.5 Å². The largest absolute Gasteiger partial charge is 0.393 e. The van der Waals surface area contributed by atoms with Crippen LogP contribution in [0.5, 0.6) is 0 Å². The van der Waals surface area contributed by atoms with Crippen molar-refractivity contribution in [3.05, 3.63) is 0 Å². The molecule has 0 radical (unpaired) electrons. The third kappa shape index (κ3) is 8.59. The Bertz CT molecular complexity index is 808. The number of fused-ring (bicyclic) bond motifs is 5. The minimum atomic E-state index is -0.168. The minimum Gasteiger partial charge on any atom is -0.393 e. The lowest BCUT2D eigenvalue weighted by atomic mass is 9.43. The van der Waals surface area contributed by atoms with Crippen LogP contribution in [0.15, 0.2) is 0 Å². The van der Waals surface area contributed by atoms with Crippen molar-refractivity contribution in [1.82, 2.24) is 10.6 Å². The molecular weight excluding hydrogens is 530 g/mol. The maximum atomic E-state index is 11.8. The highest BCUT2D eigenvalue weighted by Crippen LogP contribution is 2.68. The molecule has 5 heteroatoms. The van der Waals surface area contributed by atoms with Crippen molar-refractivity contribution in [3.8, 4) is 0 Å². The van der Waals surface area contributed by atoms with E-state index in [1.807, 2.05) is 0 Å². The van der Waals surface area contributed by atoms with Gasteiger partial charge >= 0.3 is 0 Å². The lowest BCUT2D eigenvalue weighted by Crippen LogP contribution is -2.59. The Labute approximate surface area is 266 Å². The zero-order valence-electron chi connectivity index (χ0n) is 29.1. The molecule has 4 unspecified atom stereocenters. The first kappa shape index (κ1) is 35.7. The second-order valence-electron chi connectivity index (χ2n) is 16.8. The van der Waals surface area contributed by atoms with Crippen LogP contribution in [-0.2, 0) is 0 Å². The molecule has 4 fully saturated rings. The summed E-state index contributed by atoms with van der Waals surface area (Å²) in [4.78, 5) is 0. The van der Waals surface area contributed by atoms with E-state index < -0.39 is 0 Å². The molecule has 4 rings (SSSR count). The maximum Gasteiger partial charge on any atom is 0.0577 e. The summed E-state index contributed by atoms with van der Waals surface area (Å²) in [6.07, 6.45) is 21.0. The molecule has 0 aromatic carbocycles. The summed E-state index contributed by atoms with van der Waals surface area (Å²) < 4.78 is 0. The standard InChI is InChI=1S/C38H73N3O2/c1-27(2)34(42)16-13-28(3)31-14-15-32-36-33(18-20-38(31,32)5)37(4)19-17-30(25-29(37)26-35(36)43)41-24-12-23-40-22-11-9-7-6-8-10-21-39/h27-36,40-43H,6-26,39H2,1-5H3/t28-,29+,30+,31-,32?,33?,34?,35+,36?,37+,38-/m1/s1. The molecule has 0 aromatic heterocycles. The number of hydrogen-bond acceptors (Lipinski definition) is 5. The van der Waals surface area contributed by atoms with Crippen molar-refractivity contribution in [2.24, 2.45) is 58.0 Å². The van der Waals surface area contributed by atoms with E-state index in [2.05, 4.69) is 45.3 Å². The average Bonchev–Trinajstić information content (AvgIpc) is 3.34. The third-order valence-corrected chi connectivity index (χ3v) is 13.9. The lowest BCUT2D eigenvalue weighted by Gasteiger charge is -2.62. The Morgan fingerprint density at radius 1 is 0.767 bits per heavy atom. The van der Waals surface area contributed by atoms with Gasteiger partial charge < -0.3 is 26.6 Å². The summed E-state index contributed by atoms with van der Waals surface area (Å²) in [6, 6.07) is 0.627. The molecule has 0 aromatic rings. The summed E-state index contributed by atoms with van der Waals surface area (Å²) in [6.45, 7) is 16.2. The number of nitrogens with two attached hydrogens (primary N) is 1. The third-order valence-electron chi connectivity index (χ3n) is 13.9. The number of hydrogen-bond donors (Lipinski definition) is 5. The zero-order valence-corrected chi connectivity index (χ0v) is 29.1. The summed E-state index contributed by atoms with van der Waals surface area (Å²) >= 11 is 0. The predicted molar refractivity (Wildman–Crippen MR) is 182 cm³/mol. The molecule has 4 saturated carbocycles. The van der Waals surface area contributed by atoms with Crippen LogP contribution in [0, 0.1) is 52.3 Å². The van der Waals surface area contributed by atoms with Gasteiger partial charge in [0.05, 0.1) is 12.2 Å². The van der Waals surface area contributed by atoms with E-state index >= 15 is 0 Å². The molecule has 0 aliphatic heterocycles. The number of nitrogens with one attached hydrogen (secondary N) is 2. The Morgan fingerprint density at radius 3 is 2.19 bits per heavy atom. The van der Waals surface area contributed by atoms with E-state index in [1.54, 1.807) is 0 Å². The second kappa shape index (κ2) is 16.6. The molecule has 5 nitrogen and oxygen atoms in total. The van der Waals surface area contributed by atoms with Gasteiger partial charge in [0.1, 0.15) is 0 Å². The Hall–Kier alpha value is -0.200. The molecule has 0 spiro atoms. The van der Waals surface area contributed by atoms with Gasteiger partial charge in [-0.25, -0.2) is 0 Å². The smallest absolute Gasteiger partial charge is 0.0577 e. The number of unbranched alkanes of at least 4 members (excludes halogenated alkanes) is 5. The predicted octanol–water partition coefficient (Wildman–Crippen LogP) is 7.29. The van der Waals surface area contributed by atoms with Crippen LogP contribution < -0.4 is 16.4 Å². The molecule has 0 amide bonds. The van der Waals surface area contributed by atoms with Crippen LogP contribution >= 0.6 is 0 Å². The van der Waals surface area contributed by atoms with E-state index in [9.17, 15) is 10.2 Å². The Kier molecular flexibility index (Phi) is 13.7. The van der Waals surface area contributed by atoms with Gasteiger partial charge in [-0.15, -0.1) is 0 Å². The van der Waals surface area contributed by atoms with Crippen LogP contribution in [0.3, 0.4) is 0 Å². The van der Waals surface area contributed by atoms with Crippen LogP contribution in [0.4, 0.5) is 0 Å². The molecule has 4 aliphatic rings. The van der Waals surface area contributed by atoms with E-state index in [1.165, 1.54) is 89.9 Å². The normalized spacial score (nSPS) is 38.9. The molecule has 43 heavy (non-hydrogen) atoms. The first-order valence-corrected chi connectivity index (χ1v) is 19.1. The molecule has 0 heterocycles. The SMILES string of the molecule is CC(C)C(O)CC[C@@H](C)[C@H]1CCC2C3C(CC[C@@]21C)[C@@]1(C)CC[C@H](NCCCNCCCCCCCCN)C[C@H]1C[C@@H]3O. The zero-order chi connectivity index (χ0) is 31.0. The quantitative estimate of drug-likeness (QED) is 0.106. The second-order valence-corrected chi connectivity index (χ2v) is 16.8. The van der Waals surface area contributed by atoms with Crippen LogP contribution in [-0.4, -0.2) is 54.6 Å². The highest BCUT2D eigenvalue weighted by molar-refractivity contribution is 5.12. The number of aliphatic hydroxyl groups is 2. The van der Waals surface area contributed by atoms with Crippen molar-refractivity contribution < 1.29 is 10.2 Å². The van der Waals surface area contributed by atoms with Crippen molar-refractivity contribution in [1.29, 1.82) is 0 Å². The molecule has 252 valence electrons. The van der Waals surface area contributed by atoms with Crippen molar-refractivity contribution in [3.63, 3.8) is 0 Å². The Morgan fingerprint density at radius 2 is 1.44 bits per heavy atom. The molecule has 4 aliphatic carbocycles. The highest BCUT2D eigenvalue weighted by Gasteiger charge is 2.62. The van der Waals surface area contributed by atoms with Gasteiger partial charge in [-0.3, -0.25) is 0 Å². The van der Waals surface area contributed by atoms with Gasteiger partial charge in [-0.1, -0.05) is 60.3 Å². The van der Waals surface area contributed by atoms with Gasteiger partial charge in [0.15, 0.2) is 0 Å². The summed E-state index contributed by atoms with van der Waals surface area (Å²) in [7, 11) is 0.